The number of allylic oxidation sites excluding steroid dienone is 4. The third-order valence-corrected chi connectivity index (χ3v) is 24.7. The quantitative estimate of drug-likeness (QED) is 0.0107. The molecular weight excluding hydrogens is 1530 g/mol. The molecule has 10 atom stereocenters. The first kappa shape index (κ1) is 89.9. The highest BCUT2D eigenvalue weighted by atomic mass is 33.1. The number of carboxylic acids is 2. The van der Waals surface area contributed by atoms with Crippen molar-refractivity contribution in [3.05, 3.63) is 111 Å². The lowest BCUT2D eigenvalue weighted by atomic mass is 9.65. The van der Waals surface area contributed by atoms with Crippen molar-refractivity contribution in [2.75, 3.05) is 77.0 Å². The molecule has 110 heavy (non-hydrogen) atoms. The predicted molar refractivity (Wildman–Crippen MR) is 408 cm³/mol. The molecule has 0 saturated carbocycles. The summed E-state index contributed by atoms with van der Waals surface area (Å²) < 4.78 is 65.6. The normalized spacial score (nSPS) is 19.1. The van der Waals surface area contributed by atoms with Crippen LogP contribution in [0.1, 0.15) is 167 Å². The van der Waals surface area contributed by atoms with Gasteiger partial charge in [-0.15, -0.1) is 0 Å². The number of benzene rings is 2. The van der Waals surface area contributed by atoms with Gasteiger partial charge in [-0.3, -0.25) is 42.9 Å². The summed E-state index contributed by atoms with van der Waals surface area (Å²) in [4.78, 5) is 155. The fourth-order valence-electron chi connectivity index (χ4n) is 12.9. The van der Waals surface area contributed by atoms with Gasteiger partial charge in [-0.25, -0.2) is 28.7 Å². The topological polar surface area (TPSA) is 495 Å². The molecule has 1 saturated heterocycles. The van der Waals surface area contributed by atoms with Crippen LogP contribution in [-0.2, 0) is 87.5 Å². The standard InChI is InChI=1S/C72H98N9O24P3S2/c1-7-16-47-35-49-36-50-37-57(74-9-3)45(5)34-55(50)67(54(49)33-44(47)4)52-19-12-13-20-53(52)71(90)80(6)26-14-22-62(85)75-25-28-101-30-29-100-27-23-63(86)78-56(70(89)79-58(39-65(87)88)59(83)38-46(8-2)72(91)92)21-15-31-109-110-32-24-51(82)18-11-10-17-48-41-81(69-66(48)68(73)76-43-77-69)64-40-60(84)61(103-64)42-102-107(96,97)105-108(98,99)104-106(93,94)95/h12-13,19-20,33-35,37,41,43,46,55-56,58,60-61,64,67,84H,7-9,11,14-16,18,21-32,36,38-40,42H2,1-6H3,(H,75,85)(H,78,86)(H,79,89)(H,87,88)(H,91,92)(H,96,97)(H,98,99)(H2,73,76,77)(H2,93,94,95)/p+1/t46?,55?,56?,58?,60?,61-,64-,67?/m1/s1. The Morgan fingerprint density at radius 3 is 2.30 bits per heavy atom. The van der Waals surface area contributed by atoms with E-state index in [0.717, 1.165) is 37.1 Å². The van der Waals surface area contributed by atoms with Crippen molar-refractivity contribution in [3.63, 3.8) is 0 Å². The number of fused-ring (bicyclic) bond motifs is 3. The molecule has 2 aliphatic carbocycles. The number of ether oxygens (including phenoxy) is 3. The van der Waals surface area contributed by atoms with Crippen molar-refractivity contribution in [3.8, 4) is 11.8 Å². The van der Waals surface area contributed by atoms with Gasteiger partial charge in [0.15, 0.2) is 5.78 Å². The van der Waals surface area contributed by atoms with Crippen LogP contribution in [0, 0.1) is 30.6 Å². The minimum atomic E-state index is -5.80. The summed E-state index contributed by atoms with van der Waals surface area (Å²) in [5, 5.41) is 38.2. The second-order valence-electron chi connectivity index (χ2n) is 26.7. The van der Waals surface area contributed by atoms with Crippen LogP contribution in [0.5, 0.6) is 0 Å². The van der Waals surface area contributed by atoms with E-state index in [9.17, 15) is 77.2 Å². The average molecular weight is 1630 g/mol. The van der Waals surface area contributed by atoms with Gasteiger partial charge in [0.2, 0.25) is 23.4 Å². The Kier molecular flexibility index (Phi) is 35.2. The van der Waals surface area contributed by atoms with Crippen LogP contribution in [0.4, 0.5) is 5.82 Å². The molecule has 2 aromatic carbocycles. The number of aromatic nitrogens is 3. The van der Waals surface area contributed by atoms with Gasteiger partial charge >= 0.3 is 35.4 Å². The van der Waals surface area contributed by atoms with Crippen LogP contribution < -0.4 is 26.7 Å². The van der Waals surface area contributed by atoms with Crippen LogP contribution in [0.3, 0.4) is 0 Å². The first-order chi connectivity index (χ1) is 52.2. The minimum Gasteiger partial charge on any atom is -0.481 e. The molecule has 38 heteroatoms. The fourth-order valence-corrected chi connectivity index (χ4v) is 18.1. The minimum absolute atomic E-state index is 0.0332. The monoisotopic (exact) mass is 1630 g/mol. The maximum atomic E-state index is 14.4. The Morgan fingerprint density at radius 1 is 0.855 bits per heavy atom. The van der Waals surface area contributed by atoms with Gasteiger partial charge in [-0.1, -0.05) is 95.7 Å². The van der Waals surface area contributed by atoms with E-state index in [4.69, 9.17) is 29.7 Å². The average Bonchev–Trinajstić information content (AvgIpc) is 0.907. The van der Waals surface area contributed by atoms with Crippen molar-refractivity contribution in [2.45, 2.75) is 167 Å². The summed E-state index contributed by atoms with van der Waals surface area (Å²) in [5.74, 6) is 0.258. The van der Waals surface area contributed by atoms with E-state index in [1.807, 2.05) is 18.2 Å². The number of phosphoric ester groups is 1. The van der Waals surface area contributed by atoms with Gasteiger partial charge < -0.3 is 80.3 Å². The second-order valence-corrected chi connectivity index (χ2v) is 33.8. The number of Topliss-reactive ketones (excluding diaryl/α,β-unsaturated/α-hetero) is 2. The van der Waals surface area contributed by atoms with Crippen molar-refractivity contribution >= 4 is 115 Å². The zero-order valence-electron chi connectivity index (χ0n) is 62.2. The van der Waals surface area contributed by atoms with Gasteiger partial charge in [0.05, 0.1) is 68.5 Å². The lowest BCUT2D eigenvalue weighted by molar-refractivity contribution is -0.451. The highest BCUT2D eigenvalue weighted by molar-refractivity contribution is 8.76. The molecule has 4 amide bonds. The van der Waals surface area contributed by atoms with Gasteiger partial charge in [0.25, 0.3) is 5.91 Å². The lowest BCUT2D eigenvalue weighted by Crippen LogP contribution is -2.72. The maximum Gasteiger partial charge on any atom is 0.490 e. The second kappa shape index (κ2) is 43.1. The van der Waals surface area contributed by atoms with Crippen molar-refractivity contribution in [1.29, 1.82) is 0 Å². The molecule has 13 N–H and O–H groups in total. The molecule has 4 aromatic rings. The molecule has 0 spiro atoms. The van der Waals surface area contributed by atoms with E-state index in [1.165, 1.54) is 72.1 Å². The molecule has 33 nitrogen and oxygen atoms in total. The summed E-state index contributed by atoms with van der Waals surface area (Å²) in [5.41, 5.74) is 17.1. The number of aliphatic carboxylic acids is 2. The number of carbonyl (C=O) groups excluding carboxylic acids is 6. The van der Waals surface area contributed by atoms with E-state index in [1.54, 1.807) is 18.9 Å². The van der Waals surface area contributed by atoms with Gasteiger partial charge in [-0.2, -0.15) is 8.62 Å². The highest BCUT2D eigenvalue weighted by Crippen LogP contribution is 2.66. The number of phosphoric acid groups is 3. The molecule has 7 rings (SSSR count). The number of hydrogen-bond acceptors (Lipinski definition) is 23. The molecule has 602 valence electrons. The molecule has 0 radical (unpaired) electrons. The van der Waals surface area contributed by atoms with Crippen molar-refractivity contribution in [1.82, 2.24) is 35.4 Å². The molecule has 1 aliphatic heterocycles. The van der Waals surface area contributed by atoms with E-state index >= 15 is 0 Å². The lowest BCUT2D eigenvalue weighted by Gasteiger charge is -2.38. The van der Waals surface area contributed by atoms with Gasteiger partial charge in [0, 0.05) is 112 Å². The number of anilines is 1. The molecule has 0 bridgehead atoms. The van der Waals surface area contributed by atoms with Crippen LogP contribution in [0.25, 0.3) is 11.0 Å². The Labute approximate surface area is 645 Å². The Balaban J connectivity index is 0.817. The number of aliphatic hydroxyl groups excluding tert-OH is 1. The van der Waals surface area contributed by atoms with Crippen LogP contribution in [0.15, 0.2) is 72.2 Å². The van der Waals surface area contributed by atoms with Crippen LogP contribution >= 0.6 is 45.1 Å². The predicted octanol–water partition coefficient (Wildman–Crippen LogP) is 5.86. The van der Waals surface area contributed by atoms with Crippen LogP contribution in [-0.4, -0.2) is 203 Å². The summed E-state index contributed by atoms with van der Waals surface area (Å²) in [6.07, 6.45) is 6.21. The Hall–Kier alpha value is -7.32. The molecular formula is C72H99N9O24P3S2+. The highest BCUT2D eigenvalue weighted by Gasteiger charge is 2.44. The fraction of sp³-hybridized carbons (Fsp3) is 0.542. The summed E-state index contributed by atoms with van der Waals surface area (Å²) in [7, 11) is -12.4. The first-order valence-corrected chi connectivity index (χ1v) is 43.2. The summed E-state index contributed by atoms with van der Waals surface area (Å²) in [6.45, 7) is 10.9. The molecule has 8 unspecified atom stereocenters. The number of nitrogen functional groups attached to an aromatic ring is 1. The summed E-state index contributed by atoms with van der Waals surface area (Å²) in [6, 6.07) is 9.75. The number of aliphatic hydroxyl groups is 1. The number of ketones is 2. The van der Waals surface area contributed by atoms with E-state index in [0.29, 0.717) is 47.4 Å². The largest absolute Gasteiger partial charge is 0.490 e. The van der Waals surface area contributed by atoms with Gasteiger partial charge in [-0.05, 0) is 93.2 Å². The number of amides is 4. The SMILES string of the molecule is CCCc1cc2c(cc1C)C(c1ccccc1C(=O)N(C)CCCC(=O)NCCOCCOCCC(=O)NC(CCCSSCCC(=O)CCC#Cc1cn([C@H]3CC(O)[C@@H](COP(=O)(O)OP(=O)(O)OP(=O)(O)O)O3)c3ncnc(N)c13)C(=O)NC(CC(=O)O)C(=O)CC(CC)C(=O)O)C1C=C(C)C(=[NH+]CC)C=C1C2. The molecule has 3 heterocycles. The third-order valence-electron chi connectivity index (χ3n) is 18.4. The maximum absolute atomic E-state index is 14.4. The number of nitrogens with one attached hydrogen (secondary N) is 4. The number of carbonyl (C=O) groups is 8. The Morgan fingerprint density at radius 2 is 1.59 bits per heavy atom. The zero-order valence-corrected chi connectivity index (χ0v) is 66.5. The molecule has 3 aliphatic rings. The van der Waals surface area contributed by atoms with E-state index < -0.39 is 109 Å². The first-order valence-electron chi connectivity index (χ1n) is 36.2. The summed E-state index contributed by atoms with van der Waals surface area (Å²) >= 11 is 0. The zero-order chi connectivity index (χ0) is 80.5. The Bertz CT molecular complexity index is 4270. The van der Waals surface area contributed by atoms with Crippen molar-refractivity contribution < 1.29 is 119 Å². The number of hydrogen-bond donors (Lipinski definition) is 12. The number of aryl methyl sites for hydroxylation is 2. The number of carboxylic acid groups (broad SMARTS) is 2. The van der Waals surface area contributed by atoms with Crippen molar-refractivity contribution in [2.24, 2.45) is 11.8 Å². The number of nitrogens with two attached hydrogens (primary N) is 1. The van der Waals surface area contributed by atoms with E-state index in [-0.39, 0.29) is 125 Å². The number of nitrogens with zero attached hydrogens (tertiary/aromatic N) is 4. The molecule has 2 aromatic heterocycles. The van der Waals surface area contributed by atoms with Crippen LogP contribution in [0.2, 0.25) is 0 Å². The van der Waals surface area contributed by atoms with Gasteiger partial charge in [0.1, 0.15) is 48.5 Å². The van der Waals surface area contributed by atoms with E-state index in [2.05, 4.69) is 114 Å². The smallest absolute Gasteiger partial charge is 0.481 e. The number of rotatable bonds is 46. The molecule has 1 fully saturated rings. The third kappa shape index (κ3) is 27.5.